The van der Waals surface area contributed by atoms with Gasteiger partial charge in [0.15, 0.2) is 6.10 Å². The standard InChI is InChI=1S/C30H32O6/c1-21(31)35-30-28(34-19-24-15-9-4-10-16-24)26(33-18-23-13-7-3-8-14-23)25(27-29(30)36-27)20-32-17-22-11-5-2-6-12-22/h2-16,25-30H,17-20H2,1H3/t25-,26-,27+,28+,29+,30+/m1/s1. The number of fused-ring (bicyclic) bond motifs is 1. The van der Waals surface area contributed by atoms with Crippen LogP contribution >= 0.6 is 0 Å². The molecule has 0 unspecified atom stereocenters. The summed E-state index contributed by atoms with van der Waals surface area (Å²) in [6.07, 6.45) is -1.74. The molecule has 0 bridgehead atoms. The summed E-state index contributed by atoms with van der Waals surface area (Å²) < 4.78 is 30.9. The zero-order valence-electron chi connectivity index (χ0n) is 20.4. The predicted molar refractivity (Wildman–Crippen MR) is 134 cm³/mol. The second kappa shape index (κ2) is 11.8. The van der Waals surface area contributed by atoms with Gasteiger partial charge in [-0.3, -0.25) is 4.79 Å². The van der Waals surface area contributed by atoms with Crippen molar-refractivity contribution in [1.29, 1.82) is 0 Å². The number of carbonyl (C=O) groups is 1. The van der Waals surface area contributed by atoms with Gasteiger partial charge in [-0.15, -0.1) is 0 Å². The molecule has 0 N–H and O–H groups in total. The van der Waals surface area contributed by atoms with Crippen molar-refractivity contribution >= 4 is 5.97 Å². The van der Waals surface area contributed by atoms with E-state index in [2.05, 4.69) is 0 Å². The molecule has 1 aliphatic heterocycles. The molecule has 3 aromatic carbocycles. The highest BCUT2D eigenvalue weighted by Gasteiger charge is 2.63. The first-order valence-electron chi connectivity index (χ1n) is 12.4. The number of carbonyl (C=O) groups excluding carboxylic acids is 1. The zero-order chi connectivity index (χ0) is 24.7. The fraction of sp³-hybridized carbons (Fsp3) is 0.367. The van der Waals surface area contributed by atoms with Crippen LogP contribution in [0.2, 0.25) is 0 Å². The molecular formula is C30H32O6. The van der Waals surface area contributed by atoms with Crippen LogP contribution in [0.25, 0.3) is 0 Å². The fourth-order valence-electron chi connectivity index (χ4n) is 4.89. The van der Waals surface area contributed by atoms with Gasteiger partial charge >= 0.3 is 5.97 Å². The third-order valence-corrected chi connectivity index (χ3v) is 6.67. The fourth-order valence-corrected chi connectivity index (χ4v) is 4.89. The van der Waals surface area contributed by atoms with E-state index in [0.717, 1.165) is 16.7 Å². The van der Waals surface area contributed by atoms with Crippen LogP contribution in [-0.2, 0) is 48.3 Å². The summed E-state index contributed by atoms with van der Waals surface area (Å²) in [6.45, 7) is 3.16. The van der Waals surface area contributed by atoms with Crippen LogP contribution in [0, 0.1) is 5.92 Å². The Hall–Kier alpha value is -3.03. The third-order valence-electron chi connectivity index (χ3n) is 6.67. The van der Waals surface area contributed by atoms with Crippen molar-refractivity contribution in [2.24, 2.45) is 5.92 Å². The monoisotopic (exact) mass is 488 g/mol. The van der Waals surface area contributed by atoms with E-state index in [0.29, 0.717) is 26.4 Å². The Morgan fingerprint density at radius 3 is 1.69 bits per heavy atom. The van der Waals surface area contributed by atoms with Crippen LogP contribution in [-0.4, -0.2) is 43.1 Å². The predicted octanol–water partition coefficient (Wildman–Crippen LogP) is 4.70. The topological polar surface area (TPSA) is 66.5 Å². The van der Waals surface area contributed by atoms with Gasteiger partial charge < -0.3 is 23.7 Å². The Bertz CT molecular complexity index is 1090. The van der Waals surface area contributed by atoms with Crippen molar-refractivity contribution in [3.05, 3.63) is 108 Å². The van der Waals surface area contributed by atoms with Gasteiger partial charge in [-0.25, -0.2) is 0 Å². The summed E-state index contributed by atoms with van der Waals surface area (Å²) >= 11 is 0. The molecule has 0 radical (unpaired) electrons. The molecule has 0 aromatic heterocycles. The third kappa shape index (κ3) is 6.20. The molecule has 2 fully saturated rings. The van der Waals surface area contributed by atoms with Crippen LogP contribution < -0.4 is 0 Å². The largest absolute Gasteiger partial charge is 0.457 e. The highest BCUT2D eigenvalue weighted by atomic mass is 16.7. The lowest BCUT2D eigenvalue weighted by atomic mass is 9.82. The van der Waals surface area contributed by atoms with Crippen LogP contribution in [0.4, 0.5) is 0 Å². The van der Waals surface area contributed by atoms with E-state index < -0.39 is 12.2 Å². The molecule has 1 saturated carbocycles. The van der Waals surface area contributed by atoms with Crippen molar-refractivity contribution in [1.82, 2.24) is 0 Å². The molecule has 6 atom stereocenters. The summed E-state index contributed by atoms with van der Waals surface area (Å²) in [5, 5.41) is 0. The van der Waals surface area contributed by atoms with Gasteiger partial charge in [0.1, 0.15) is 12.2 Å². The average Bonchev–Trinajstić information content (AvgIpc) is 3.71. The molecule has 5 rings (SSSR count). The Labute approximate surface area is 212 Å². The first kappa shape index (κ1) is 24.7. The summed E-state index contributed by atoms with van der Waals surface area (Å²) in [4.78, 5) is 12.0. The van der Waals surface area contributed by atoms with E-state index in [4.69, 9.17) is 23.7 Å². The molecule has 1 aliphatic carbocycles. The highest BCUT2D eigenvalue weighted by molar-refractivity contribution is 5.66. The maximum atomic E-state index is 12.0. The summed E-state index contributed by atoms with van der Waals surface area (Å²) in [5.74, 6) is -0.418. The number of rotatable bonds is 11. The van der Waals surface area contributed by atoms with Gasteiger partial charge in [0.2, 0.25) is 0 Å². The molecule has 1 saturated heterocycles. The number of esters is 1. The van der Waals surface area contributed by atoms with Crippen LogP contribution in [0.15, 0.2) is 91.0 Å². The minimum Gasteiger partial charge on any atom is -0.457 e. The molecule has 3 aromatic rings. The molecule has 1 heterocycles. The van der Waals surface area contributed by atoms with Crippen LogP contribution in [0.5, 0.6) is 0 Å². The number of hydrogen-bond donors (Lipinski definition) is 0. The van der Waals surface area contributed by atoms with Gasteiger partial charge in [-0.1, -0.05) is 91.0 Å². The SMILES string of the molecule is CC(=O)O[C@H]1[C@@H](OCc2ccccc2)[C@H](OCc2ccccc2)[C@@H](COCc2ccccc2)[C@@H]2O[C@H]12. The Kier molecular flexibility index (Phi) is 8.08. The van der Waals surface area contributed by atoms with E-state index in [1.165, 1.54) is 6.92 Å². The lowest BCUT2D eigenvalue weighted by Gasteiger charge is -2.39. The van der Waals surface area contributed by atoms with Gasteiger partial charge in [-0.05, 0) is 16.7 Å². The van der Waals surface area contributed by atoms with Gasteiger partial charge in [-0.2, -0.15) is 0 Å². The first-order chi connectivity index (χ1) is 17.7. The van der Waals surface area contributed by atoms with Gasteiger partial charge in [0.25, 0.3) is 0 Å². The number of ether oxygens (including phenoxy) is 5. The van der Waals surface area contributed by atoms with Gasteiger partial charge in [0, 0.05) is 12.8 Å². The normalized spacial score (nSPS) is 26.7. The summed E-state index contributed by atoms with van der Waals surface area (Å²) in [5.41, 5.74) is 3.21. The maximum absolute atomic E-state index is 12.0. The molecule has 6 heteroatoms. The molecular weight excluding hydrogens is 456 g/mol. The molecule has 0 spiro atoms. The molecule has 0 amide bonds. The van der Waals surface area contributed by atoms with Gasteiger partial charge in [0.05, 0.1) is 38.6 Å². The van der Waals surface area contributed by atoms with Crippen molar-refractivity contribution in [2.75, 3.05) is 6.61 Å². The summed E-state index contributed by atoms with van der Waals surface area (Å²) in [6, 6.07) is 30.1. The van der Waals surface area contributed by atoms with E-state index >= 15 is 0 Å². The molecule has 36 heavy (non-hydrogen) atoms. The highest BCUT2D eigenvalue weighted by Crippen LogP contribution is 2.45. The lowest BCUT2D eigenvalue weighted by Crippen LogP contribution is -2.56. The van der Waals surface area contributed by atoms with E-state index in [1.807, 2.05) is 91.0 Å². The number of hydrogen-bond acceptors (Lipinski definition) is 6. The van der Waals surface area contributed by atoms with Crippen LogP contribution in [0.3, 0.4) is 0 Å². The van der Waals surface area contributed by atoms with Crippen LogP contribution in [0.1, 0.15) is 23.6 Å². The van der Waals surface area contributed by atoms with E-state index in [-0.39, 0.29) is 30.2 Å². The number of benzene rings is 3. The quantitative estimate of drug-likeness (QED) is 0.288. The Morgan fingerprint density at radius 2 is 1.17 bits per heavy atom. The van der Waals surface area contributed by atoms with Crippen molar-refractivity contribution < 1.29 is 28.5 Å². The second-order valence-electron chi connectivity index (χ2n) is 9.33. The maximum Gasteiger partial charge on any atom is 0.303 e. The smallest absolute Gasteiger partial charge is 0.303 e. The zero-order valence-corrected chi connectivity index (χ0v) is 20.4. The molecule has 188 valence electrons. The van der Waals surface area contributed by atoms with Crippen molar-refractivity contribution in [3.63, 3.8) is 0 Å². The first-order valence-corrected chi connectivity index (χ1v) is 12.4. The molecule has 6 nitrogen and oxygen atoms in total. The van der Waals surface area contributed by atoms with Crippen molar-refractivity contribution in [2.45, 2.75) is 57.3 Å². The van der Waals surface area contributed by atoms with E-state index in [9.17, 15) is 4.79 Å². The van der Waals surface area contributed by atoms with E-state index in [1.54, 1.807) is 0 Å². The molecule has 2 aliphatic rings. The number of epoxide rings is 1. The van der Waals surface area contributed by atoms with Crippen molar-refractivity contribution in [3.8, 4) is 0 Å². The Balaban J connectivity index is 1.35. The second-order valence-corrected chi connectivity index (χ2v) is 9.33. The average molecular weight is 489 g/mol. The Morgan fingerprint density at radius 1 is 0.667 bits per heavy atom. The minimum absolute atomic E-state index is 0.0602. The minimum atomic E-state index is -0.539. The lowest BCUT2D eigenvalue weighted by molar-refractivity contribution is -0.189. The summed E-state index contributed by atoms with van der Waals surface area (Å²) in [7, 11) is 0.